The van der Waals surface area contributed by atoms with E-state index in [1.165, 1.54) is 30.6 Å². The van der Waals surface area contributed by atoms with E-state index in [0.29, 0.717) is 10.4 Å². The fraction of sp³-hybridized carbons (Fsp3) is 0.294. The lowest BCUT2D eigenvalue weighted by Gasteiger charge is -2.29. The summed E-state index contributed by atoms with van der Waals surface area (Å²) in [6, 6.07) is 11.5. The Kier molecular flexibility index (Phi) is 4.12. The SMILES string of the molecule is N#Cc1cc(-c2ccc(C(=O)O)s2)ccc1N1CCCCC1. The molecule has 1 saturated heterocycles. The maximum atomic E-state index is 11.0. The average molecular weight is 312 g/mol. The third-order valence-corrected chi connectivity index (χ3v) is 5.04. The first-order chi connectivity index (χ1) is 10.7. The second-order valence-electron chi connectivity index (χ2n) is 5.36. The largest absolute Gasteiger partial charge is 0.477 e. The van der Waals surface area contributed by atoms with Gasteiger partial charge in [0.25, 0.3) is 0 Å². The number of carbonyl (C=O) groups is 1. The molecule has 1 aliphatic rings. The van der Waals surface area contributed by atoms with E-state index in [0.717, 1.165) is 29.2 Å². The minimum atomic E-state index is -0.915. The van der Waals surface area contributed by atoms with Gasteiger partial charge in [0.05, 0.1) is 11.3 Å². The van der Waals surface area contributed by atoms with Crippen LogP contribution in [0.5, 0.6) is 0 Å². The van der Waals surface area contributed by atoms with Gasteiger partial charge >= 0.3 is 5.97 Å². The molecule has 112 valence electrons. The number of carboxylic acids is 1. The van der Waals surface area contributed by atoms with Gasteiger partial charge in [-0.2, -0.15) is 5.26 Å². The summed E-state index contributed by atoms with van der Waals surface area (Å²) in [6.07, 6.45) is 3.59. The van der Waals surface area contributed by atoms with Gasteiger partial charge < -0.3 is 10.0 Å². The number of nitrogens with zero attached hydrogens (tertiary/aromatic N) is 2. The third-order valence-electron chi connectivity index (χ3n) is 3.92. The molecule has 0 spiro atoms. The van der Waals surface area contributed by atoms with Crippen LogP contribution in [0.3, 0.4) is 0 Å². The Labute approximate surface area is 133 Å². The summed E-state index contributed by atoms with van der Waals surface area (Å²) in [5.74, 6) is -0.915. The van der Waals surface area contributed by atoms with Gasteiger partial charge in [-0.3, -0.25) is 0 Å². The van der Waals surface area contributed by atoms with Crippen LogP contribution in [0.4, 0.5) is 5.69 Å². The molecule has 0 aliphatic carbocycles. The van der Waals surface area contributed by atoms with E-state index in [9.17, 15) is 10.1 Å². The highest BCUT2D eigenvalue weighted by Crippen LogP contribution is 2.32. The van der Waals surface area contributed by atoms with E-state index >= 15 is 0 Å². The van der Waals surface area contributed by atoms with Crippen molar-refractivity contribution in [2.24, 2.45) is 0 Å². The van der Waals surface area contributed by atoms with Crippen LogP contribution in [0, 0.1) is 11.3 Å². The Bertz CT molecular complexity index is 739. The predicted molar refractivity (Wildman–Crippen MR) is 87.5 cm³/mol. The molecule has 0 saturated carbocycles. The summed E-state index contributed by atoms with van der Waals surface area (Å²) in [6.45, 7) is 1.99. The van der Waals surface area contributed by atoms with Gasteiger partial charge in [0, 0.05) is 18.0 Å². The summed E-state index contributed by atoms with van der Waals surface area (Å²) in [7, 11) is 0. The van der Waals surface area contributed by atoms with Crippen LogP contribution in [0.1, 0.15) is 34.5 Å². The Balaban J connectivity index is 1.94. The number of nitriles is 1. The van der Waals surface area contributed by atoms with Crippen molar-refractivity contribution in [2.45, 2.75) is 19.3 Å². The molecule has 0 atom stereocenters. The molecule has 1 aromatic carbocycles. The normalized spacial score (nSPS) is 14.6. The van der Waals surface area contributed by atoms with Gasteiger partial charge in [0.1, 0.15) is 10.9 Å². The minimum absolute atomic E-state index is 0.314. The molecular weight excluding hydrogens is 296 g/mol. The van der Waals surface area contributed by atoms with Crippen molar-refractivity contribution in [1.82, 2.24) is 0 Å². The Morgan fingerprint density at radius 1 is 1.18 bits per heavy atom. The van der Waals surface area contributed by atoms with Gasteiger partial charge in [-0.05, 0) is 49.1 Å². The van der Waals surface area contributed by atoms with Crippen LogP contribution in [0.15, 0.2) is 30.3 Å². The summed E-state index contributed by atoms with van der Waals surface area (Å²) < 4.78 is 0. The highest BCUT2D eigenvalue weighted by Gasteiger charge is 2.16. The molecule has 0 amide bonds. The zero-order chi connectivity index (χ0) is 15.5. The molecular formula is C17H16N2O2S. The lowest BCUT2D eigenvalue weighted by molar-refractivity contribution is 0.0702. The molecule has 0 radical (unpaired) electrons. The lowest BCUT2D eigenvalue weighted by atomic mass is 10.0. The Hall–Kier alpha value is -2.32. The van der Waals surface area contributed by atoms with E-state index in [-0.39, 0.29) is 0 Å². The maximum absolute atomic E-state index is 11.0. The van der Waals surface area contributed by atoms with E-state index in [1.807, 2.05) is 18.2 Å². The van der Waals surface area contributed by atoms with Crippen LogP contribution in [-0.2, 0) is 0 Å². The smallest absolute Gasteiger partial charge is 0.345 e. The van der Waals surface area contributed by atoms with Crippen molar-refractivity contribution in [3.8, 4) is 16.5 Å². The maximum Gasteiger partial charge on any atom is 0.345 e. The molecule has 3 rings (SSSR count). The summed E-state index contributed by atoms with van der Waals surface area (Å²) >= 11 is 1.23. The number of rotatable bonds is 3. The number of benzene rings is 1. The number of hydrogen-bond acceptors (Lipinski definition) is 4. The van der Waals surface area contributed by atoms with E-state index < -0.39 is 5.97 Å². The predicted octanol–water partition coefficient (Wildman–Crippen LogP) is 3.98. The number of carboxylic acid groups (broad SMARTS) is 1. The molecule has 2 aromatic rings. The summed E-state index contributed by atoms with van der Waals surface area (Å²) in [5, 5.41) is 18.5. The fourth-order valence-corrected chi connectivity index (χ4v) is 3.64. The van der Waals surface area contributed by atoms with Crippen molar-refractivity contribution in [3.63, 3.8) is 0 Å². The molecule has 5 heteroatoms. The van der Waals surface area contributed by atoms with E-state index in [1.54, 1.807) is 12.1 Å². The molecule has 1 aliphatic heterocycles. The van der Waals surface area contributed by atoms with Crippen LogP contribution < -0.4 is 4.90 Å². The highest BCUT2D eigenvalue weighted by atomic mass is 32.1. The molecule has 1 aromatic heterocycles. The van der Waals surface area contributed by atoms with Crippen molar-refractivity contribution in [1.29, 1.82) is 5.26 Å². The molecule has 0 unspecified atom stereocenters. The van der Waals surface area contributed by atoms with Crippen molar-refractivity contribution < 1.29 is 9.90 Å². The zero-order valence-electron chi connectivity index (χ0n) is 12.1. The number of anilines is 1. The number of hydrogen-bond donors (Lipinski definition) is 1. The van der Waals surface area contributed by atoms with Crippen LogP contribution in [0.2, 0.25) is 0 Å². The van der Waals surface area contributed by atoms with E-state index in [2.05, 4.69) is 11.0 Å². The van der Waals surface area contributed by atoms with Crippen LogP contribution in [0.25, 0.3) is 10.4 Å². The number of piperidine rings is 1. The summed E-state index contributed by atoms with van der Waals surface area (Å²) in [4.78, 5) is 14.4. The molecule has 1 fully saturated rings. The topological polar surface area (TPSA) is 64.3 Å². The second-order valence-corrected chi connectivity index (χ2v) is 6.44. The van der Waals surface area contributed by atoms with E-state index in [4.69, 9.17) is 5.11 Å². The monoisotopic (exact) mass is 312 g/mol. The molecule has 4 nitrogen and oxygen atoms in total. The summed E-state index contributed by atoms with van der Waals surface area (Å²) in [5.41, 5.74) is 2.54. The first kappa shape index (κ1) is 14.6. The fourth-order valence-electron chi connectivity index (χ4n) is 2.80. The molecule has 0 bridgehead atoms. The Morgan fingerprint density at radius 2 is 1.95 bits per heavy atom. The van der Waals surface area contributed by atoms with Crippen molar-refractivity contribution in [3.05, 3.63) is 40.8 Å². The van der Waals surface area contributed by atoms with Gasteiger partial charge in [-0.25, -0.2) is 4.79 Å². The number of aromatic carboxylic acids is 1. The number of thiophene rings is 1. The van der Waals surface area contributed by atoms with Gasteiger partial charge in [-0.15, -0.1) is 11.3 Å². The highest BCUT2D eigenvalue weighted by molar-refractivity contribution is 7.17. The van der Waals surface area contributed by atoms with Crippen LogP contribution >= 0.6 is 11.3 Å². The third kappa shape index (κ3) is 2.83. The standard InChI is InChI=1S/C17H16N2O2S/c18-11-13-10-12(15-6-7-16(22-15)17(20)21)4-5-14(13)19-8-2-1-3-9-19/h4-7,10H,1-3,8-9H2,(H,20,21). The zero-order valence-corrected chi connectivity index (χ0v) is 12.9. The van der Waals surface area contributed by atoms with Crippen molar-refractivity contribution in [2.75, 3.05) is 18.0 Å². The van der Waals surface area contributed by atoms with Crippen molar-refractivity contribution >= 4 is 23.0 Å². The van der Waals surface area contributed by atoms with Gasteiger partial charge in [0.15, 0.2) is 0 Å². The Morgan fingerprint density at radius 3 is 2.59 bits per heavy atom. The van der Waals surface area contributed by atoms with Gasteiger partial charge in [0.2, 0.25) is 0 Å². The first-order valence-corrected chi connectivity index (χ1v) is 8.13. The lowest BCUT2D eigenvalue weighted by Crippen LogP contribution is -2.29. The average Bonchev–Trinajstić information content (AvgIpc) is 3.05. The van der Waals surface area contributed by atoms with Crippen LogP contribution in [-0.4, -0.2) is 24.2 Å². The molecule has 22 heavy (non-hydrogen) atoms. The van der Waals surface area contributed by atoms with Gasteiger partial charge in [-0.1, -0.05) is 6.07 Å². The molecule has 2 heterocycles. The molecule has 1 N–H and O–H groups in total. The minimum Gasteiger partial charge on any atom is -0.477 e. The first-order valence-electron chi connectivity index (χ1n) is 7.31. The second kappa shape index (κ2) is 6.20. The quantitative estimate of drug-likeness (QED) is 0.931.